The van der Waals surface area contributed by atoms with Crippen molar-refractivity contribution in [1.82, 2.24) is 4.98 Å². The Hall–Kier alpha value is -3.35. The third-order valence-corrected chi connectivity index (χ3v) is 5.18. The lowest BCUT2D eigenvalue weighted by Crippen LogP contribution is -2.21. The number of carboxylic acids is 2. The zero-order valence-electron chi connectivity index (χ0n) is 16.9. The number of aromatic nitrogens is 1. The van der Waals surface area contributed by atoms with Crippen LogP contribution in [0.1, 0.15) is 21.5 Å². The van der Waals surface area contributed by atoms with Crippen LogP contribution in [0.3, 0.4) is 0 Å². The van der Waals surface area contributed by atoms with Crippen LogP contribution in [-0.2, 0) is 14.8 Å². The maximum Gasteiger partial charge on any atom is 0.490 e. The van der Waals surface area contributed by atoms with E-state index >= 15 is 0 Å². The summed E-state index contributed by atoms with van der Waals surface area (Å²) in [6, 6.07) is 6.25. The van der Waals surface area contributed by atoms with Gasteiger partial charge in [0.2, 0.25) is 0 Å². The summed E-state index contributed by atoms with van der Waals surface area (Å²) in [7, 11) is -0.511. The van der Waals surface area contributed by atoms with Crippen LogP contribution in [0.2, 0.25) is 0 Å². The van der Waals surface area contributed by atoms with Crippen molar-refractivity contribution in [3.8, 4) is 0 Å². The number of benzene rings is 1. The molecule has 2 rings (SSSR count). The summed E-state index contributed by atoms with van der Waals surface area (Å²) in [5.74, 6) is -3.69. The number of aliphatic carboxylic acids is 1. The molecule has 1 aromatic carbocycles. The molecule has 1 heterocycles. The second-order valence-corrected chi connectivity index (χ2v) is 8.12. The van der Waals surface area contributed by atoms with Gasteiger partial charge in [0.1, 0.15) is 11.4 Å². The molecule has 0 fully saturated rings. The van der Waals surface area contributed by atoms with Gasteiger partial charge >= 0.3 is 18.1 Å². The fraction of sp³-hybridized carbons (Fsp3) is 0.278. The Morgan fingerprint density at radius 2 is 1.65 bits per heavy atom. The lowest BCUT2D eigenvalue weighted by molar-refractivity contribution is -0.192. The Bertz CT molecular complexity index is 1090. The van der Waals surface area contributed by atoms with E-state index in [0.717, 1.165) is 5.56 Å². The predicted octanol–water partition coefficient (Wildman–Crippen LogP) is 2.90. The zero-order valence-corrected chi connectivity index (χ0v) is 17.7. The highest BCUT2D eigenvalue weighted by atomic mass is 32.2. The quantitative estimate of drug-likeness (QED) is 0.616. The van der Waals surface area contributed by atoms with Gasteiger partial charge in [-0.25, -0.2) is 23.0 Å². The van der Waals surface area contributed by atoms with Crippen molar-refractivity contribution in [2.45, 2.75) is 24.9 Å². The largest absolute Gasteiger partial charge is 0.490 e. The smallest absolute Gasteiger partial charge is 0.478 e. The molecule has 0 atom stereocenters. The van der Waals surface area contributed by atoms with Gasteiger partial charge in [-0.1, -0.05) is 17.7 Å². The van der Waals surface area contributed by atoms with E-state index in [0.29, 0.717) is 5.56 Å². The normalized spacial score (nSPS) is 11.2. The second-order valence-electron chi connectivity index (χ2n) is 6.47. The number of carbonyl (C=O) groups is 2. The van der Waals surface area contributed by atoms with Gasteiger partial charge in [0.15, 0.2) is 0 Å². The van der Waals surface area contributed by atoms with Crippen molar-refractivity contribution in [1.29, 1.82) is 0 Å². The van der Waals surface area contributed by atoms with Crippen LogP contribution < -0.4 is 9.62 Å². The Labute approximate surface area is 176 Å². The average molecular weight is 463 g/mol. The first-order chi connectivity index (χ1) is 14.1. The molecule has 31 heavy (non-hydrogen) atoms. The summed E-state index contributed by atoms with van der Waals surface area (Å²) in [5, 5.41) is 16.4. The predicted molar refractivity (Wildman–Crippen MR) is 106 cm³/mol. The first-order valence-corrected chi connectivity index (χ1v) is 9.85. The maximum atomic E-state index is 12.5. The molecule has 0 spiro atoms. The van der Waals surface area contributed by atoms with Gasteiger partial charge in [-0.15, -0.1) is 0 Å². The zero-order chi connectivity index (χ0) is 24.1. The Balaban J connectivity index is 0.000000592. The van der Waals surface area contributed by atoms with Crippen molar-refractivity contribution in [3.05, 3.63) is 47.2 Å². The number of alkyl halides is 3. The molecule has 2 aromatic rings. The number of carboxylic acid groups (broad SMARTS) is 2. The lowest BCUT2D eigenvalue weighted by Gasteiger charge is -2.16. The van der Waals surface area contributed by atoms with Gasteiger partial charge in [-0.05, 0) is 31.5 Å². The van der Waals surface area contributed by atoms with Crippen molar-refractivity contribution in [2.75, 3.05) is 23.7 Å². The SMILES string of the molecule is Cc1ccc(S(=O)(=O)Nc2cnc(N(C)C)c(C(=O)O)c2)c(C)c1.O=C(O)C(F)(F)F. The molecule has 1 aromatic heterocycles. The molecule has 0 unspecified atom stereocenters. The third-order valence-electron chi connectivity index (χ3n) is 3.64. The molecule has 13 heteroatoms. The van der Waals surface area contributed by atoms with Crippen LogP contribution in [0.5, 0.6) is 0 Å². The minimum Gasteiger partial charge on any atom is -0.478 e. The number of nitrogens with one attached hydrogen (secondary N) is 1. The summed E-state index contributed by atoms with van der Waals surface area (Å²) in [5.41, 5.74) is 1.58. The Morgan fingerprint density at radius 3 is 2.06 bits per heavy atom. The van der Waals surface area contributed by atoms with E-state index in [2.05, 4.69) is 9.71 Å². The average Bonchev–Trinajstić information content (AvgIpc) is 2.60. The minimum absolute atomic E-state index is 0.0826. The molecule has 0 aliphatic heterocycles. The number of aryl methyl sites for hydroxylation is 2. The Kier molecular flexibility index (Phi) is 7.99. The van der Waals surface area contributed by atoms with E-state index in [1.807, 2.05) is 6.92 Å². The number of sulfonamides is 1. The third kappa shape index (κ3) is 7.13. The number of anilines is 2. The van der Waals surface area contributed by atoms with Crippen molar-refractivity contribution in [3.63, 3.8) is 0 Å². The number of rotatable bonds is 5. The molecule has 9 nitrogen and oxygen atoms in total. The van der Waals surface area contributed by atoms with E-state index in [9.17, 15) is 31.5 Å². The topological polar surface area (TPSA) is 137 Å². The van der Waals surface area contributed by atoms with Crippen molar-refractivity contribution >= 4 is 33.5 Å². The second kappa shape index (κ2) is 9.64. The fourth-order valence-electron chi connectivity index (χ4n) is 2.34. The van der Waals surface area contributed by atoms with E-state index in [1.165, 1.54) is 18.3 Å². The molecule has 0 aliphatic rings. The van der Waals surface area contributed by atoms with Crippen LogP contribution in [0.25, 0.3) is 0 Å². The van der Waals surface area contributed by atoms with Crippen LogP contribution in [0.15, 0.2) is 35.4 Å². The number of pyridine rings is 1. The molecule has 0 radical (unpaired) electrons. The molecule has 3 N–H and O–H groups in total. The molecule has 0 aliphatic carbocycles. The van der Waals surface area contributed by atoms with E-state index in [-0.39, 0.29) is 22.0 Å². The Morgan fingerprint density at radius 1 is 1.10 bits per heavy atom. The number of halogens is 3. The maximum absolute atomic E-state index is 12.5. The summed E-state index contributed by atoms with van der Waals surface area (Å²) < 4.78 is 59.2. The van der Waals surface area contributed by atoms with E-state index in [1.54, 1.807) is 38.1 Å². The standard InChI is InChI=1S/C16H19N3O4S.C2HF3O2/c1-10-5-6-14(11(2)7-10)24(22,23)18-12-8-13(16(20)21)15(17-9-12)19(3)4;3-2(4,5)1(6)7/h5-9,18H,1-4H3,(H,20,21);(H,6,7). The van der Waals surface area contributed by atoms with Crippen LogP contribution in [0.4, 0.5) is 24.7 Å². The van der Waals surface area contributed by atoms with Crippen molar-refractivity contribution in [2.24, 2.45) is 0 Å². The minimum atomic E-state index is -5.08. The highest BCUT2D eigenvalue weighted by Gasteiger charge is 2.38. The number of aromatic carboxylic acids is 1. The first-order valence-electron chi connectivity index (χ1n) is 8.37. The summed E-state index contributed by atoms with van der Waals surface area (Å²) in [4.78, 5) is 26.0. The van der Waals surface area contributed by atoms with Crippen LogP contribution in [-0.4, -0.2) is 55.8 Å². The molecule has 0 bridgehead atoms. The molecule has 0 saturated carbocycles. The molecule has 170 valence electrons. The highest BCUT2D eigenvalue weighted by Crippen LogP contribution is 2.24. The first kappa shape index (κ1) is 25.7. The van der Waals surface area contributed by atoms with E-state index < -0.39 is 28.1 Å². The summed E-state index contributed by atoms with van der Waals surface area (Å²) >= 11 is 0. The van der Waals surface area contributed by atoms with Gasteiger partial charge in [-0.2, -0.15) is 13.2 Å². The number of hydrogen-bond donors (Lipinski definition) is 3. The molecular weight excluding hydrogens is 443 g/mol. The highest BCUT2D eigenvalue weighted by molar-refractivity contribution is 7.92. The monoisotopic (exact) mass is 463 g/mol. The molecule has 0 amide bonds. The number of nitrogens with zero attached hydrogens (tertiary/aromatic N) is 2. The molecular formula is C18H20F3N3O6S. The number of hydrogen-bond acceptors (Lipinski definition) is 6. The van der Waals surface area contributed by atoms with Gasteiger partial charge in [0.25, 0.3) is 10.0 Å². The fourth-order valence-corrected chi connectivity index (χ4v) is 3.60. The molecule has 0 saturated heterocycles. The van der Waals surface area contributed by atoms with Gasteiger partial charge < -0.3 is 15.1 Å². The van der Waals surface area contributed by atoms with Crippen molar-refractivity contribution < 1.29 is 41.4 Å². The van der Waals surface area contributed by atoms with Crippen LogP contribution >= 0.6 is 0 Å². The van der Waals surface area contributed by atoms with Gasteiger partial charge in [0.05, 0.1) is 16.8 Å². The lowest BCUT2D eigenvalue weighted by atomic mass is 10.2. The summed E-state index contributed by atoms with van der Waals surface area (Å²) in [6.07, 6.45) is -3.79. The van der Waals surface area contributed by atoms with Gasteiger partial charge in [-0.3, -0.25) is 4.72 Å². The van der Waals surface area contributed by atoms with Gasteiger partial charge in [0, 0.05) is 14.1 Å². The summed E-state index contributed by atoms with van der Waals surface area (Å²) in [6.45, 7) is 3.58. The van der Waals surface area contributed by atoms with Crippen LogP contribution in [0, 0.1) is 13.8 Å². The van der Waals surface area contributed by atoms with E-state index in [4.69, 9.17) is 9.90 Å².